The van der Waals surface area contributed by atoms with Crippen LogP contribution in [0.15, 0.2) is 46.5 Å². The normalized spacial score (nSPS) is 21.2. The van der Waals surface area contributed by atoms with Crippen molar-refractivity contribution in [2.24, 2.45) is 5.92 Å². The van der Waals surface area contributed by atoms with Gasteiger partial charge in [0.1, 0.15) is 5.82 Å². The number of hydrogen-bond acceptors (Lipinski definition) is 7. The van der Waals surface area contributed by atoms with E-state index in [0.29, 0.717) is 25.0 Å². The van der Waals surface area contributed by atoms with Crippen molar-refractivity contribution in [1.82, 2.24) is 15.3 Å². The van der Waals surface area contributed by atoms with Crippen LogP contribution in [0.25, 0.3) is 0 Å². The summed E-state index contributed by atoms with van der Waals surface area (Å²) < 4.78 is 46.7. The molecule has 11 heteroatoms. The Bertz CT molecular complexity index is 1170. The van der Waals surface area contributed by atoms with E-state index in [-0.39, 0.29) is 11.7 Å². The van der Waals surface area contributed by atoms with E-state index in [1.807, 2.05) is 0 Å². The molecule has 2 aliphatic heterocycles. The number of piperazine rings is 1. The van der Waals surface area contributed by atoms with Crippen LogP contribution in [-0.2, 0) is 6.18 Å². The molecule has 2 fully saturated rings. The molecule has 0 saturated carbocycles. The first-order chi connectivity index (χ1) is 17.8. The number of alkyl halides is 3. The Labute approximate surface area is 213 Å². The lowest BCUT2D eigenvalue weighted by molar-refractivity contribution is -0.141. The number of hydrogen-bond donors (Lipinski definition) is 2. The lowest BCUT2D eigenvalue weighted by Gasteiger charge is -2.32. The highest BCUT2D eigenvalue weighted by atomic mass is 19.4. The molecule has 1 aliphatic carbocycles. The Morgan fingerprint density at radius 2 is 1.97 bits per heavy atom. The highest BCUT2D eigenvalue weighted by Gasteiger charge is 2.42. The number of aromatic nitrogens is 2. The fourth-order valence-corrected chi connectivity index (χ4v) is 5.11. The van der Waals surface area contributed by atoms with E-state index in [0.717, 1.165) is 51.1 Å². The quantitative estimate of drug-likeness (QED) is 0.599. The minimum atomic E-state index is -4.83. The molecule has 0 unspecified atom stereocenters. The number of oxazole rings is 1. The minimum absolute atomic E-state index is 0.176. The number of piperidine rings is 1. The van der Waals surface area contributed by atoms with Crippen molar-refractivity contribution in [2.75, 3.05) is 47.8 Å². The van der Waals surface area contributed by atoms with Crippen molar-refractivity contribution >= 4 is 23.4 Å². The van der Waals surface area contributed by atoms with Crippen molar-refractivity contribution in [3.63, 3.8) is 0 Å². The highest BCUT2D eigenvalue weighted by Crippen LogP contribution is 2.36. The number of nitrogens with zero attached hydrogens (tertiary/aromatic N) is 4. The van der Waals surface area contributed by atoms with Crippen LogP contribution < -0.4 is 20.4 Å². The first-order valence-corrected chi connectivity index (χ1v) is 12.7. The summed E-state index contributed by atoms with van der Waals surface area (Å²) in [5.41, 5.74) is 0.248. The number of anilines is 3. The molecule has 4 heterocycles. The van der Waals surface area contributed by atoms with Crippen LogP contribution in [0.4, 0.5) is 30.7 Å². The third-order valence-corrected chi connectivity index (χ3v) is 7.05. The molecule has 2 N–H and O–H groups in total. The summed E-state index contributed by atoms with van der Waals surface area (Å²) in [6, 6.07) is 3.51. The molecule has 8 nitrogen and oxygen atoms in total. The SMILES string of the molecule is C[C@@H]1CN(c2ccc(NC(=O)c3oc(N4CCC(C5=CCCC=C5)CC4)nc3C(F)(F)F)cn2)CCN1. The van der Waals surface area contributed by atoms with Gasteiger partial charge in [-0.2, -0.15) is 18.2 Å². The van der Waals surface area contributed by atoms with Gasteiger partial charge in [-0.3, -0.25) is 4.79 Å². The molecule has 2 aromatic rings. The topological polar surface area (TPSA) is 86.5 Å². The number of rotatable bonds is 5. The lowest BCUT2D eigenvalue weighted by Crippen LogP contribution is -2.49. The Morgan fingerprint density at radius 1 is 1.16 bits per heavy atom. The molecule has 5 rings (SSSR count). The Hall–Kier alpha value is -3.34. The molecular weight excluding hydrogens is 485 g/mol. The van der Waals surface area contributed by atoms with Gasteiger partial charge < -0.3 is 24.9 Å². The molecule has 2 saturated heterocycles. The molecule has 0 spiro atoms. The van der Waals surface area contributed by atoms with Crippen molar-refractivity contribution in [2.45, 2.75) is 44.8 Å². The summed E-state index contributed by atoms with van der Waals surface area (Å²) in [4.78, 5) is 24.7. The smallest absolute Gasteiger partial charge is 0.417 e. The molecule has 1 atom stereocenters. The number of carbonyl (C=O) groups is 1. The zero-order valence-corrected chi connectivity index (χ0v) is 20.7. The van der Waals surface area contributed by atoms with Crippen LogP contribution in [0.5, 0.6) is 0 Å². The predicted octanol–water partition coefficient (Wildman–Crippen LogP) is 4.63. The van der Waals surface area contributed by atoms with Gasteiger partial charge >= 0.3 is 6.18 Å². The zero-order valence-electron chi connectivity index (χ0n) is 20.7. The molecule has 0 bridgehead atoms. The number of nitrogens with one attached hydrogen (secondary N) is 2. The summed E-state index contributed by atoms with van der Waals surface area (Å²) in [5.74, 6) is -0.744. The number of halogens is 3. The first-order valence-electron chi connectivity index (χ1n) is 12.7. The number of allylic oxidation sites excluding steroid dienone is 4. The second-order valence-electron chi connectivity index (χ2n) is 9.78. The maximum absolute atomic E-state index is 13.8. The van der Waals surface area contributed by atoms with E-state index in [2.05, 4.69) is 50.7 Å². The molecule has 37 heavy (non-hydrogen) atoms. The average molecular weight is 517 g/mol. The summed E-state index contributed by atoms with van der Waals surface area (Å²) in [6.45, 7) is 5.51. The number of amides is 1. The third kappa shape index (κ3) is 5.82. The molecular formula is C26H31F3N6O2. The fraction of sp³-hybridized carbons (Fsp3) is 0.500. The summed E-state index contributed by atoms with van der Waals surface area (Å²) in [6.07, 6.45) is 6.77. The van der Waals surface area contributed by atoms with Crippen molar-refractivity contribution < 1.29 is 22.4 Å². The standard InChI is InChI=1S/C26H31F3N6O2/c1-17-16-35(14-11-30-17)21-8-7-20(15-31-21)32-24(36)22-23(26(27,28)29)33-25(37-22)34-12-9-19(10-13-34)18-5-3-2-4-6-18/h3,5-8,15,17,19,30H,2,4,9-14,16H2,1H3,(H,32,36)/t17-/m1/s1. The van der Waals surface area contributed by atoms with Gasteiger partial charge in [-0.15, -0.1) is 0 Å². The first kappa shape index (κ1) is 25.3. The van der Waals surface area contributed by atoms with Crippen molar-refractivity contribution in [1.29, 1.82) is 0 Å². The monoisotopic (exact) mass is 516 g/mol. The van der Waals surface area contributed by atoms with Gasteiger partial charge in [0, 0.05) is 38.8 Å². The number of pyridine rings is 1. The minimum Gasteiger partial charge on any atom is -0.417 e. The van der Waals surface area contributed by atoms with E-state index in [1.165, 1.54) is 11.8 Å². The maximum atomic E-state index is 13.8. The lowest BCUT2D eigenvalue weighted by atomic mass is 9.86. The fourth-order valence-electron chi connectivity index (χ4n) is 5.11. The second kappa shape index (κ2) is 10.6. The van der Waals surface area contributed by atoms with Crippen LogP contribution in [0.2, 0.25) is 0 Å². The van der Waals surface area contributed by atoms with Crippen LogP contribution >= 0.6 is 0 Å². The van der Waals surface area contributed by atoms with Gasteiger partial charge in [-0.05, 0) is 56.2 Å². The summed E-state index contributed by atoms with van der Waals surface area (Å²) in [5, 5.41) is 5.83. The highest BCUT2D eigenvalue weighted by molar-refractivity contribution is 6.03. The molecule has 198 valence electrons. The van der Waals surface area contributed by atoms with Gasteiger partial charge in [-0.1, -0.05) is 18.2 Å². The van der Waals surface area contributed by atoms with Gasteiger partial charge in [0.15, 0.2) is 5.69 Å². The van der Waals surface area contributed by atoms with Gasteiger partial charge in [0.25, 0.3) is 11.9 Å². The molecule has 3 aliphatic rings. The maximum Gasteiger partial charge on any atom is 0.437 e. The van der Waals surface area contributed by atoms with Crippen LogP contribution in [0, 0.1) is 5.92 Å². The Morgan fingerprint density at radius 3 is 2.62 bits per heavy atom. The van der Waals surface area contributed by atoms with E-state index in [4.69, 9.17) is 4.42 Å². The summed E-state index contributed by atoms with van der Waals surface area (Å²) >= 11 is 0. The van der Waals surface area contributed by atoms with Gasteiger partial charge in [0.2, 0.25) is 5.76 Å². The molecule has 1 amide bonds. The zero-order chi connectivity index (χ0) is 26.0. The van der Waals surface area contributed by atoms with Crippen LogP contribution in [0.1, 0.15) is 48.9 Å². The van der Waals surface area contributed by atoms with E-state index >= 15 is 0 Å². The van der Waals surface area contributed by atoms with Gasteiger partial charge in [0.05, 0.1) is 11.9 Å². The largest absolute Gasteiger partial charge is 0.437 e. The van der Waals surface area contributed by atoms with Crippen LogP contribution in [0.3, 0.4) is 0 Å². The van der Waals surface area contributed by atoms with Crippen molar-refractivity contribution in [3.8, 4) is 0 Å². The van der Waals surface area contributed by atoms with Gasteiger partial charge in [-0.25, -0.2) is 4.98 Å². The van der Waals surface area contributed by atoms with Crippen LogP contribution in [-0.4, -0.2) is 54.6 Å². The number of carbonyl (C=O) groups excluding carboxylic acids is 1. The second-order valence-corrected chi connectivity index (χ2v) is 9.78. The third-order valence-electron chi connectivity index (χ3n) is 7.05. The van der Waals surface area contributed by atoms with Crippen molar-refractivity contribution in [3.05, 3.63) is 53.6 Å². The summed E-state index contributed by atoms with van der Waals surface area (Å²) in [7, 11) is 0. The molecule has 0 aromatic carbocycles. The van der Waals surface area contributed by atoms with E-state index < -0.39 is 23.5 Å². The molecule has 2 aromatic heterocycles. The predicted molar refractivity (Wildman–Crippen MR) is 135 cm³/mol. The Kier molecular flexibility index (Phi) is 7.23. The average Bonchev–Trinajstić information content (AvgIpc) is 3.37. The molecule has 0 radical (unpaired) electrons. The Balaban J connectivity index is 1.27. The van der Waals surface area contributed by atoms with E-state index in [1.54, 1.807) is 17.0 Å². The van der Waals surface area contributed by atoms with E-state index in [9.17, 15) is 18.0 Å².